The van der Waals surface area contributed by atoms with Crippen LogP contribution in [0.3, 0.4) is 0 Å². The molecule has 4 aromatic rings. The highest BCUT2D eigenvalue weighted by molar-refractivity contribution is 7.89. The molecule has 0 spiro atoms. The lowest BCUT2D eigenvalue weighted by Crippen LogP contribution is -2.53. The molecule has 0 aliphatic rings. The lowest BCUT2D eigenvalue weighted by molar-refractivity contribution is -0.244. The fourth-order valence-corrected chi connectivity index (χ4v) is 11.6. The maximum absolute atomic E-state index is 13.6. The molecular weight excluding hydrogens is 1300 g/mol. The highest BCUT2D eigenvalue weighted by atomic mass is 32.2. The van der Waals surface area contributed by atoms with Gasteiger partial charge in [-0.3, -0.25) is 67.7 Å². The van der Waals surface area contributed by atoms with Crippen LogP contribution in [0.15, 0.2) is 58.6 Å². The first-order valence-corrected chi connectivity index (χ1v) is 32.9. The Morgan fingerprint density at radius 2 is 1.26 bits per heavy atom. The molecular formula is C57H84N12O24S2. The van der Waals surface area contributed by atoms with Crippen LogP contribution in [-0.2, 0) is 86.4 Å². The van der Waals surface area contributed by atoms with Crippen molar-refractivity contribution in [2.75, 3.05) is 142 Å². The monoisotopic (exact) mass is 1380 g/mol. The number of aromatic amines is 1. The van der Waals surface area contributed by atoms with E-state index in [-0.39, 0.29) is 131 Å². The molecule has 38 heteroatoms. The molecule has 528 valence electrons. The number of imidazole rings is 1. The molecule has 0 saturated carbocycles. The van der Waals surface area contributed by atoms with Crippen molar-refractivity contribution >= 4 is 84.5 Å². The maximum Gasteiger partial charge on any atom is 0.323 e. The Morgan fingerprint density at radius 3 is 1.83 bits per heavy atom. The molecule has 0 aliphatic carbocycles. The van der Waals surface area contributed by atoms with Gasteiger partial charge in [-0.2, -0.15) is 13.1 Å². The molecule has 2 unspecified atom stereocenters. The number of ether oxygens (including phenoxy) is 4. The summed E-state index contributed by atoms with van der Waals surface area (Å²) in [5.74, 6) is -8.87. The number of sulfonamides is 1. The minimum atomic E-state index is -4.82. The number of anilines is 1. The number of nitrogens with one attached hydrogen (secondary N) is 7. The molecule has 2 aromatic heterocycles. The normalized spacial score (nSPS) is 12.4. The van der Waals surface area contributed by atoms with Gasteiger partial charge in [-0.15, -0.1) is 0 Å². The summed E-state index contributed by atoms with van der Waals surface area (Å²) in [6.45, 7) is 1.39. The van der Waals surface area contributed by atoms with E-state index in [1.807, 2.05) is 0 Å². The van der Waals surface area contributed by atoms with Crippen molar-refractivity contribution in [3.05, 3.63) is 81.4 Å². The number of amides is 4. The summed E-state index contributed by atoms with van der Waals surface area (Å²) in [5, 5.41) is 59.8. The number of aryl methyl sites for hydroxylation is 3. The van der Waals surface area contributed by atoms with Crippen LogP contribution in [0.5, 0.6) is 5.75 Å². The van der Waals surface area contributed by atoms with Crippen molar-refractivity contribution in [2.24, 2.45) is 7.05 Å². The summed E-state index contributed by atoms with van der Waals surface area (Å²) < 4.78 is 86.3. The number of benzene rings is 2. The Labute approximate surface area is 546 Å². The summed E-state index contributed by atoms with van der Waals surface area (Å²) in [6.07, 6.45) is 5.77. The van der Waals surface area contributed by atoms with Crippen molar-refractivity contribution in [2.45, 2.75) is 63.1 Å². The van der Waals surface area contributed by atoms with Crippen LogP contribution in [-0.4, -0.2) is 273 Å². The molecule has 2 heterocycles. The quantitative estimate of drug-likeness (QED) is 0.00974. The van der Waals surface area contributed by atoms with Crippen LogP contribution < -0.4 is 41.5 Å². The van der Waals surface area contributed by atoms with Gasteiger partial charge in [-0.25, -0.2) is 18.3 Å². The molecule has 36 nitrogen and oxygen atoms in total. The van der Waals surface area contributed by atoms with Crippen LogP contribution in [0.1, 0.15) is 52.7 Å². The van der Waals surface area contributed by atoms with E-state index in [1.54, 1.807) is 42.2 Å². The highest BCUT2D eigenvalue weighted by Gasteiger charge is 2.31. The van der Waals surface area contributed by atoms with E-state index in [0.717, 1.165) is 10.5 Å². The van der Waals surface area contributed by atoms with Gasteiger partial charge in [0.15, 0.2) is 5.95 Å². The third-order valence-corrected chi connectivity index (χ3v) is 16.3. The minimum absolute atomic E-state index is 0.00868. The Kier molecular flexibility index (Phi) is 34.0. The number of nitrogens with zero attached hydrogens (tertiary/aromatic N) is 5. The molecule has 2 atom stereocenters. The zero-order chi connectivity index (χ0) is 70.1. The molecule has 2 aromatic carbocycles. The Hall–Kier alpha value is -8.28. The number of carbonyl (C=O) groups is 8. The highest BCUT2D eigenvalue weighted by Crippen LogP contribution is 2.26. The predicted molar refractivity (Wildman–Crippen MR) is 337 cm³/mol. The van der Waals surface area contributed by atoms with Gasteiger partial charge in [0.2, 0.25) is 33.2 Å². The first-order chi connectivity index (χ1) is 45.0. The lowest BCUT2D eigenvalue weighted by atomic mass is 10.1. The number of carboxylic acid groups (broad SMARTS) is 4. The second-order valence-electron chi connectivity index (χ2n) is 21.5. The van der Waals surface area contributed by atoms with Gasteiger partial charge in [0.05, 0.1) is 76.2 Å². The van der Waals surface area contributed by atoms with Gasteiger partial charge in [0, 0.05) is 110 Å². The lowest BCUT2D eigenvalue weighted by Gasteiger charge is -2.28. The molecule has 4 amide bonds. The molecule has 95 heavy (non-hydrogen) atoms. The van der Waals surface area contributed by atoms with Crippen LogP contribution in [0.25, 0.3) is 10.9 Å². The van der Waals surface area contributed by atoms with Crippen molar-refractivity contribution in [1.29, 1.82) is 0 Å². The van der Waals surface area contributed by atoms with Crippen molar-refractivity contribution in [3.8, 4) is 5.75 Å². The average molecular weight is 1390 g/mol. The van der Waals surface area contributed by atoms with E-state index in [2.05, 4.69) is 46.2 Å². The number of rotatable bonds is 50. The molecule has 0 fully saturated rings. The summed E-state index contributed by atoms with van der Waals surface area (Å²) >= 11 is 0. The largest absolute Gasteiger partial charge is 0.494 e. The van der Waals surface area contributed by atoms with Gasteiger partial charge in [0.1, 0.15) is 29.1 Å². The Morgan fingerprint density at radius 1 is 0.684 bits per heavy atom. The minimum Gasteiger partial charge on any atom is -0.494 e. The predicted octanol–water partition coefficient (Wildman–Crippen LogP) is -2.10. The number of hydrogen-bond donors (Lipinski definition) is 13. The zero-order valence-electron chi connectivity index (χ0n) is 52.7. The second-order valence-corrected chi connectivity index (χ2v) is 24.7. The molecule has 13 N–H and O–H groups in total. The fraction of sp³-hybridized carbons (Fsp3) is 0.544. The molecule has 0 aliphatic heterocycles. The number of pyridine rings is 1. The van der Waals surface area contributed by atoms with E-state index in [4.69, 9.17) is 29.3 Å². The van der Waals surface area contributed by atoms with E-state index < -0.39 is 118 Å². The summed E-state index contributed by atoms with van der Waals surface area (Å²) in [7, 11) is -7.67. The van der Waals surface area contributed by atoms with E-state index in [1.165, 1.54) is 42.0 Å². The standard InChI is InChI=1S/C57H84N12O24S2/c1-38-27-41(28-39(2)53(38)95(87,88)65-44(56(81)82)31-62-54(79)43-32-66(3)46-29-40(8-9-42(46)52(43)78)30-63-57-60-12-13-61-57)92-21-4-7-47(70)58-10-5-19-89-23-25-91-26-24-90-20-6-11-59-55(80)45(37-94(84,85)86)64-48(71)33-69(36-51(76)77)17-16-67(34-49(72)73)14-15-68(18-22-93-83)35-50(74)75/h8-9,12-13,27-29,32,44-45,65,83H,4-7,10-11,14-26,30-31,33-37H2,1-3H3,(H,58,70)(H,59,80)(H,62,79)(H,64,71)(H,72,73)(H,74,75)(H,76,77)(H,81,82)(H2,60,61,63)(H,84,85,86). The third kappa shape index (κ3) is 30.3. The Balaban J connectivity index is 1.06. The summed E-state index contributed by atoms with van der Waals surface area (Å²) in [5.41, 5.74) is 0.963. The SMILES string of the molecule is Cc1cc(OCCCC(=O)NCCCOCCOCCOCCCNC(=O)C(CS(=O)(=O)O)NC(=O)CN(CCN(CCN(CCOO)CC(=O)O)CC(=O)O)CC(=O)O)cc(C)c1S(=O)(=O)NC(CNC(=O)c1cn(C)c2cc(CNc3ncc[nH]3)ccc2c1=O)C(=O)O. The van der Waals surface area contributed by atoms with Gasteiger partial charge >= 0.3 is 23.9 Å². The van der Waals surface area contributed by atoms with Gasteiger partial charge in [-0.05, 0) is 74.1 Å². The van der Waals surface area contributed by atoms with E-state index in [0.29, 0.717) is 49.8 Å². The average Bonchev–Trinajstić information content (AvgIpc) is 1.19. The summed E-state index contributed by atoms with van der Waals surface area (Å²) in [6, 6.07) is 4.39. The smallest absolute Gasteiger partial charge is 0.323 e. The molecule has 0 bridgehead atoms. The van der Waals surface area contributed by atoms with Crippen LogP contribution in [0.4, 0.5) is 5.95 Å². The van der Waals surface area contributed by atoms with E-state index in [9.17, 15) is 79.9 Å². The number of carbonyl (C=O) groups excluding carboxylic acids is 4. The number of H-pyrrole nitrogens is 1. The van der Waals surface area contributed by atoms with Gasteiger partial charge in [-0.1, -0.05) is 6.07 Å². The van der Waals surface area contributed by atoms with Crippen LogP contribution in [0.2, 0.25) is 0 Å². The third-order valence-electron chi connectivity index (χ3n) is 13.8. The number of fused-ring (bicyclic) bond motifs is 1. The fourth-order valence-electron chi connectivity index (χ4n) is 9.34. The Bertz CT molecular complexity index is 3460. The van der Waals surface area contributed by atoms with Gasteiger partial charge < -0.3 is 75.5 Å². The number of aliphatic carboxylic acids is 4. The number of carboxylic acids is 4. The van der Waals surface area contributed by atoms with Crippen LogP contribution in [0, 0.1) is 13.8 Å². The van der Waals surface area contributed by atoms with Crippen molar-refractivity contribution in [1.82, 2.24) is 55.2 Å². The number of hydrogen-bond acceptors (Lipinski definition) is 24. The topological polar surface area (TPSA) is 505 Å². The molecule has 0 radical (unpaired) electrons. The second kappa shape index (κ2) is 40.9. The van der Waals surface area contributed by atoms with Crippen molar-refractivity contribution in [3.63, 3.8) is 0 Å². The van der Waals surface area contributed by atoms with Gasteiger partial charge in [0.25, 0.3) is 16.0 Å². The number of aromatic nitrogens is 3. The zero-order valence-corrected chi connectivity index (χ0v) is 54.4. The van der Waals surface area contributed by atoms with E-state index >= 15 is 0 Å². The first kappa shape index (κ1) is 79.2. The van der Waals surface area contributed by atoms with Crippen LogP contribution >= 0.6 is 0 Å². The summed E-state index contributed by atoms with van der Waals surface area (Å²) in [4.78, 5) is 126. The molecule has 0 saturated heterocycles. The maximum atomic E-state index is 13.6. The first-order valence-electron chi connectivity index (χ1n) is 29.8. The molecule has 4 rings (SSSR count). The van der Waals surface area contributed by atoms with Crippen molar-refractivity contribution < 1.29 is 109 Å².